The van der Waals surface area contributed by atoms with Crippen molar-refractivity contribution < 1.29 is 19.6 Å². The lowest BCUT2D eigenvalue weighted by molar-refractivity contribution is 0.0831. The van der Waals surface area contributed by atoms with Gasteiger partial charge in [-0.2, -0.15) is 0 Å². The zero-order valence-electron chi connectivity index (χ0n) is 8.05. The first-order valence-corrected chi connectivity index (χ1v) is 6.15. The fraction of sp³-hybridized carbons (Fsp3) is 0. The van der Waals surface area contributed by atoms with Gasteiger partial charge in [0.2, 0.25) is 0 Å². The molecular weight excluding hydrogens is 289 g/mol. The number of hydrogen-bond donors (Lipinski definition) is 2. The summed E-state index contributed by atoms with van der Waals surface area (Å²) in [5, 5.41) is 21.4. The summed E-state index contributed by atoms with van der Waals surface area (Å²) in [6, 6.07) is 4.44. The Morgan fingerprint density at radius 1 is 1.24 bits per heavy atom. The van der Waals surface area contributed by atoms with Crippen LogP contribution in [-0.4, -0.2) is 19.8 Å². The third-order valence-corrected chi connectivity index (χ3v) is 3.84. The van der Waals surface area contributed by atoms with E-state index in [2.05, 4.69) is 9.99 Å². The van der Waals surface area contributed by atoms with E-state index in [1.54, 1.807) is 0 Å². The van der Waals surface area contributed by atoms with Crippen molar-refractivity contribution in [3.8, 4) is 0 Å². The molecule has 0 spiro atoms. The zero-order chi connectivity index (χ0) is 12.6. The number of nitrogens with zero attached hydrogens (tertiary/aromatic N) is 1. The molecule has 2 N–H and O–H groups in total. The second-order valence-electron chi connectivity index (χ2n) is 3.00. The predicted octanol–water partition coefficient (Wildman–Crippen LogP) is 2.68. The average molecular weight is 294 g/mol. The van der Waals surface area contributed by atoms with Crippen LogP contribution in [-0.2, 0) is 16.0 Å². The summed E-state index contributed by atoms with van der Waals surface area (Å²) in [6.45, 7) is 0. The van der Waals surface area contributed by atoms with Gasteiger partial charge in [0.05, 0.1) is 26.8 Å². The van der Waals surface area contributed by atoms with Gasteiger partial charge in [-0.25, -0.2) is 0 Å². The van der Waals surface area contributed by atoms with Gasteiger partial charge in [-0.1, -0.05) is 23.2 Å². The minimum absolute atomic E-state index is 0.0566. The normalized spacial score (nSPS) is 19.9. The largest absolute Gasteiger partial charge is 0.602 e. The maximum absolute atomic E-state index is 11.7. The van der Waals surface area contributed by atoms with E-state index in [0.29, 0.717) is 10.6 Å². The van der Waals surface area contributed by atoms with Crippen LogP contribution in [0.2, 0.25) is 10.0 Å². The van der Waals surface area contributed by atoms with Gasteiger partial charge < -0.3 is 19.6 Å². The molecule has 5 nitrogen and oxygen atoms in total. The summed E-state index contributed by atoms with van der Waals surface area (Å²) >= 11 is 9.52. The maximum atomic E-state index is 11.7. The third-order valence-electron chi connectivity index (χ3n) is 1.92. The van der Waals surface area contributed by atoms with Crippen molar-refractivity contribution in [3.05, 3.63) is 44.8 Å². The summed E-state index contributed by atoms with van der Waals surface area (Å²) in [5.74, 6) is -0.882. The first-order chi connectivity index (χ1) is 8.00. The highest BCUT2D eigenvalue weighted by molar-refractivity contribution is 8.10. The third kappa shape index (κ3) is 2.30. The molecule has 0 radical (unpaired) electrons. The Morgan fingerprint density at radius 3 is 2.59 bits per heavy atom. The Balaban J connectivity index is 2.39. The molecule has 0 bridgehead atoms. The van der Waals surface area contributed by atoms with E-state index < -0.39 is 22.2 Å². The van der Waals surface area contributed by atoms with Crippen molar-refractivity contribution in [2.75, 3.05) is 0 Å². The van der Waals surface area contributed by atoms with Crippen molar-refractivity contribution in [3.63, 3.8) is 0 Å². The Kier molecular flexibility index (Phi) is 3.39. The molecule has 0 fully saturated rings. The molecule has 0 saturated carbocycles. The number of aliphatic hydroxyl groups is 2. The highest BCUT2D eigenvalue weighted by Crippen LogP contribution is 2.27. The molecule has 1 aliphatic heterocycles. The van der Waals surface area contributed by atoms with Gasteiger partial charge in [0, 0.05) is 0 Å². The smallest absolute Gasteiger partial charge is 0.403 e. The van der Waals surface area contributed by atoms with Crippen molar-refractivity contribution in [2.24, 2.45) is 5.16 Å². The number of aliphatic hydroxyl groups excluding tert-OH is 2. The quantitative estimate of drug-likeness (QED) is 0.780. The van der Waals surface area contributed by atoms with Crippen molar-refractivity contribution in [1.82, 2.24) is 0 Å². The minimum Gasteiger partial charge on any atom is -0.602 e. The molecule has 8 heteroatoms. The lowest BCUT2D eigenvalue weighted by Crippen LogP contribution is -2.23. The van der Waals surface area contributed by atoms with E-state index in [-0.39, 0.29) is 10.1 Å². The molecule has 1 aliphatic rings. The van der Waals surface area contributed by atoms with Crippen LogP contribution < -0.4 is 0 Å². The lowest BCUT2D eigenvalue weighted by Gasteiger charge is -2.14. The molecule has 1 heterocycles. The molecule has 1 aromatic rings. The number of halogens is 2. The fourth-order valence-corrected chi connectivity index (χ4v) is 2.24. The SMILES string of the molecule is [O-][S+]1C(c2ccc(Cl)c(Cl)c2)=NOC(O)=C1O. The van der Waals surface area contributed by atoms with E-state index in [9.17, 15) is 9.66 Å². The number of rotatable bonds is 1. The highest BCUT2D eigenvalue weighted by atomic mass is 35.5. The summed E-state index contributed by atoms with van der Waals surface area (Å²) in [5.41, 5.74) is 0.372. The number of hydrogen-bond acceptors (Lipinski definition) is 5. The number of oxime groups is 1. The van der Waals surface area contributed by atoms with Crippen molar-refractivity contribution in [1.29, 1.82) is 0 Å². The van der Waals surface area contributed by atoms with Gasteiger partial charge in [0.1, 0.15) is 0 Å². The zero-order valence-corrected chi connectivity index (χ0v) is 10.4. The first-order valence-electron chi connectivity index (χ1n) is 4.25. The Bertz CT molecular complexity index is 532. The van der Waals surface area contributed by atoms with Crippen LogP contribution in [0.3, 0.4) is 0 Å². The molecule has 2 rings (SSSR count). The van der Waals surface area contributed by atoms with Crippen LogP contribution in [0, 0.1) is 0 Å². The first kappa shape index (κ1) is 12.4. The molecular formula is C9H5Cl2NO4S. The van der Waals surface area contributed by atoms with Crippen LogP contribution in [0.1, 0.15) is 5.56 Å². The minimum atomic E-state index is -2.01. The van der Waals surface area contributed by atoms with Crippen LogP contribution >= 0.6 is 23.2 Å². The number of benzene rings is 1. The highest BCUT2D eigenvalue weighted by Gasteiger charge is 2.34. The van der Waals surface area contributed by atoms with Gasteiger partial charge in [0.25, 0.3) is 5.04 Å². The molecule has 0 saturated heterocycles. The molecule has 17 heavy (non-hydrogen) atoms. The maximum Gasteiger partial charge on any atom is 0.403 e. The average Bonchev–Trinajstić information content (AvgIpc) is 2.30. The Hall–Kier alpha value is -1.08. The second-order valence-corrected chi connectivity index (χ2v) is 5.12. The Morgan fingerprint density at radius 2 is 1.94 bits per heavy atom. The van der Waals surface area contributed by atoms with Gasteiger partial charge in [0.15, 0.2) is 0 Å². The van der Waals surface area contributed by atoms with Gasteiger partial charge in [-0.15, -0.1) is 0 Å². The van der Waals surface area contributed by atoms with Crippen molar-refractivity contribution >= 4 is 39.4 Å². The molecule has 1 aromatic carbocycles. The summed E-state index contributed by atoms with van der Waals surface area (Å²) in [6.07, 6.45) is 0. The van der Waals surface area contributed by atoms with E-state index in [1.807, 2.05) is 0 Å². The topological polar surface area (TPSA) is 85.1 Å². The van der Waals surface area contributed by atoms with E-state index in [1.165, 1.54) is 18.2 Å². The molecule has 90 valence electrons. The van der Waals surface area contributed by atoms with Crippen molar-refractivity contribution in [2.45, 2.75) is 0 Å². The van der Waals surface area contributed by atoms with E-state index in [4.69, 9.17) is 28.3 Å². The summed E-state index contributed by atoms with van der Waals surface area (Å²) in [4.78, 5) is 4.40. The predicted molar refractivity (Wildman–Crippen MR) is 64.5 cm³/mol. The molecule has 0 aromatic heterocycles. The standard InChI is InChI=1S/C9H5Cl2NO4S/c10-5-2-1-4(3-6(5)11)7-12-16-8(13)9(14)17(7)15/h1-3,13-14H. The lowest BCUT2D eigenvalue weighted by atomic mass is 10.2. The fourth-order valence-electron chi connectivity index (χ4n) is 1.12. The molecule has 0 aliphatic carbocycles. The summed E-state index contributed by atoms with van der Waals surface area (Å²) in [7, 11) is 0. The molecule has 1 atom stereocenters. The Labute approximate surface area is 109 Å². The van der Waals surface area contributed by atoms with Crippen LogP contribution in [0.25, 0.3) is 0 Å². The van der Waals surface area contributed by atoms with E-state index in [0.717, 1.165) is 0 Å². The van der Waals surface area contributed by atoms with Crippen LogP contribution in [0.15, 0.2) is 34.4 Å². The van der Waals surface area contributed by atoms with Gasteiger partial charge >= 0.3 is 11.0 Å². The molecule has 0 amide bonds. The summed E-state index contributed by atoms with van der Waals surface area (Å²) < 4.78 is 11.7. The monoisotopic (exact) mass is 293 g/mol. The molecule has 1 unspecified atom stereocenters. The second kappa shape index (κ2) is 4.66. The van der Waals surface area contributed by atoms with Gasteiger partial charge in [-0.05, 0) is 23.4 Å². The van der Waals surface area contributed by atoms with Crippen LogP contribution in [0.4, 0.5) is 0 Å². The van der Waals surface area contributed by atoms with Crippen LogP contribution in [0.5, 0.6) is 0 Å². The van der Waals surface area contributed by atoms with Gasteiger partial charge in [-0.3, -0.25) is 0 Å². The van der Waals surface area contributed by atoms with E-state index >= 15 is 0 Å².